The van der Waals surface area contributed by atoms with Crippen LogP contribution in [0.3, 0.4) is 0 Å². The number of hydrogen-bond acceptors (Lipinski definition) is 2. The first-order chi connectivity index (χ1) is 9.04. The smallest absolute Gasteiger partial charge is 0.238 e. The maximum atomic E-state index is 13.5. The van der Waals surface area contributed by atoms with E-state index in [1.807, 2.05) is 0 Å². The van der Waals surface area contributed by atoms with E-state index < -0.39 is 5.82 Å². The molecular weight excluding hydrogens is 267 g/mol. The molecule has 1 unspecified atom stereocenters. The summed E-state index contributed by atoms with van der Waals surface area (Å²) >= 11 is 5.78. The molecule has 1 heterocycles. The monoisotopic (exact) mass is 284 g/mol. The van der Waals surface area contributed by atoms with Crippen LogP contribution in [-0.4, -0.2) is 30.4 Å². The van der Waals surface area contributed by atoms with Crippen LogP contribution in [0.25, 0.3) is 0 Å². The molecule has 1 N–H and O–H groups in total. The number of rotatable bonds is 3. The van der Waals surface area contributed by atoms with Crippen molar-refractivity contribution in [2.24, 2.45) is 5.92 Å². The number of likely N-dealkylation sites (tertiary alicyclic amines) is 1. The molecule has 1 atom stereocenters. The summed E-state index contributed by atoms with van der Waals surface area (Å²) in [6.45, 7) is 4.33. The summed E-state index contributed by atoms with van der Waals surface area (Å²) in [5.41, 5.74) is 0.141. The Balaban J connectivity index is 1.92. The highest BCUT2D eigenvalue weighted by molar-refractivity contribution is 6.30. The second-order valence-corrected chi connectivity index (χ2v) is 5.59. The minimum atomic E-state index is -0.468. The van der Waals surface area contributed by atoms with E-state index in [4.69, 9.17) is 11.6 Å². The Kier molecular flexibility index (Phi) is 4.77. The predicted molar refractivity (Wildman–Crippen MR) is 74.9 cm³/mol. The van der Waals surface area contributed by atoms with Gasteiger partial charge in [0.25, 0.3) is 0 Å². The highest BCUT2D eigenvalue weighted by Crippen LogP contribution is 2.20. The molecule has 1 amide bonds. The molecular formula is C14H18ClFN2O. The number of nitrogens with zero attached hydrogens (tertiary/aromatic N) is 1. The molecule has 3 nitrogen and oxygen atoms in total. The third-order valence-corrected chi connectivity index (χ3v) is 3.55. The summed E-state index contributed by atoms with van der Waals surface area (Å²) in [6, 6.07) is 4.13. The Morgan fingerprint density at radius 2 is 2.37 bits per heavy atom. The van der Waals surface area contributed by atoms with Crippen molar-refractivity contribution >= 4 is 23.2 Å². The zero-order chi connectivity index (χ0) is 13.8. The fourth-order valence-electron chi connectivity index (χ4n) is 2.42. The third-order valence-electron chi connectivity index (χ3n) is 3.31. The van der Waals surface area contributed by atoms with Crippen molar-refractivity contribution in [3.05, 3.63) is 29.0 Å². The van der Waals surface area contributed by atoms with Crippen molar-refractivity contribution in [1.82, 2.24) is 4.90 Å². The molecule has 1 aliphatic heterocycles. The molecule has 0 aliphatic carbocycles. The molecule has 0 saturated carbocycles. The van der Waals surface area contributed by atoms with Crippen molar-refractivity contribution in [2.75, 3.05) is 25.0 Å². The van der Waals surface area contributed by atoms with E-state index in [9.17, 15) is 9.18 Å². The predicted octanol–water partition coefficient (Wildman–Crippen LogP) is 3.15. The van der Waals surface area contributed by atoms with Gasteiger partial charge in [-0.05, 0) is 43.5 Å². The van der Waals surface area contributed by atoms with Gasteiger partial charge in [0.2, 0.25) is 5.91 Å². The Bertz CT molecular complexity index is 467. The van der Waals surface area contributed by atoms with Gasteiger partial charge < -0.3 is 5.32 Å². The molecule has 0 aromatic heterocycles. The lowest BCUT2D eigenvalue weighted by atomic mass is 10.0. The summed E-state index contributed by atoms with van der Waals surface area (Å²) in [7, 11) is 0. The average Bonchev–Trinajstić information content (AvgIpc) is 2.34. The summed E-state index contributed by atoms with van der Waals surface area (Å²) in [6.07, 6.45) is 2.32. The largest absolute Gasteiger partial charge is 0.322 e. The van der Waals surface area contributed by atoms with Gasteiger partial charge in [0.15, 0.2) is 0 Å². The van der Waals surface area contributed by atoms with Crippen LogP contribution in [0.15, 0.2) is 18.2 Å². The van der Waals surface area contributed by atoms with Crippen LogP contribution in [0.4, 0.5) is 10.1 Å². The first-order valence-corrected chi connectivity index (χ1v) is 6.89. The lowest BCUT2D eigenvalue weighted by molar-refractivity contribution is -0.117. The van der Waals surface area contributed by atoms with E-state index in [1.54, 1.807) is 0 Å². The first kappa shape index (κ1) is 14.3. The maximum Gasteiger partial charge on any atom is 0.238 e. The normalized spacial score (nSPS) is 20.3. The quantitative estimate of drug-likeness (QED) is 0.925. The van der Waals surface area contributed by atoms with Gasteiger partial charge in [0, 0.05) is 11.6 Å². The maximum absolute atomic E-state index is 13.5. The van der Waals surface area contributed by atoms with E-state index in [0.29, 0.717) is 17.5 Å². The van der Waals surface area contributed by atoms with E-state index in [2.05, 4.69) is 17.1 Å². The first-order valence-electron chi connectivity index (χ1n) is 6.52. The van der Waals surface area contributed by atoms with Crippen LogP contribution < -0.4 is 5.32 Å². The number of anilines is 1. The second kappa shape index (κ2) is 6.35. The topological polar surface area (TPSA) is 32.3 Å². The molecule has 1 fully saturated rings. The molecule has 1 aromatic rings. The molecule has 0 radical (unpaired) electrons. The van der Waals surface area contributed by atoms with Gasteiger partial charge in [-0.1, -0.05) is 18.5 Å². The van der Waals surface area contributed by atoms with Gasteiger partial charge in [0.05, 0.1) is 12.2 Å². The molecule has 0 spiro atoms. The van der Waals surface area contributed by atoms with Crippen LogP contribution in [-0.2, 0) is 4.79 Å². The van der Waals surface area contributed by atoms with E-state index in [1.165, 1.54) is 24.6 Å². The molecule has 1 aliphatic rings. The lowest BCUT2D eigenvalue weighted by Crippen LogP contribution is -2.39. The number of amides is 1. The zero-order valence-electron chi connectivity index (χ0n) is 11.0. The Morgan fingerprint density at radius 3 is 3.11 bits per heavy atom. The van der Waals surface area contributed by atoms with Crippen molar-refractivity contribution in [2.45, 2.75) is 19.8 Å². The number of hydrogen-bond donors (Lipinski definition) is 1. The van der Waals surface area contributed by atoms with Gasteiger partial charge in [-0.2, -0.15) is 0 Å². The zero-order valence-corrected chi connectivity index (χ0v) is 11.7. The van der Waals surface area contributed by atoms with Crippen molar-refractivity contribution in [1.29, 1.82) is 0 Å². The molecule has 2 rings (SSSR count). The summed E-state index contributed by atoms with van der Waals surface area (Å²) in [5, 5.41) is 2.98. The minimum Gasteiger partial charge on any atom is -0.322 e. The Hall–Kier alpha value is -1.13. The second-order valence-electron chi connectivity index (χ2n) is 5.15. The van der Waals surface area contributed by atoms with Gasteiger partial charge in [-0.3, -0.25) is 9.69 Å². The third kappa shape index (κ3) is 4.18. The van der Waals surface area contributed by atoms with Gasteiger partial charge in [-0.15, -0.1) is 0 Å². The SMILES string of the molecule is CC1CCCN(CC(=O)Nc2cc(Cl)ccc2F)C1. The van der Waals surface area contributed by atoms with Crippen molar-refractivity contribution in [3.63, 3.8) is 0 Å². The number of carbonyl (C=O) groups is 1. The molecule has 1 aromatic carbocycles. The van der Waals surface area contributed by atoms with Gasteiger partial charge in [-0.25, -0.2) is 4.39 Å². The summed E-state index contributed by atoms with van der Waals surface area (Å²) in [4.78, 5) is 14.0. The molecule has 5 heteroatoms. The van der Waals surface area contributed by atoms with Crippen LogP contribution >= 0.6 is 11.6 Å². The lowest BCUT2D eigenvalue weighted by Gasteiger charge is -2.30. The van der Waals surface area contributed by atoms with E-state index in [0.717, 1.165) is 19.5 Å². The molecule has 0 bridgehead atoms. The van der Waals surface area contributed by atoms with Gasteiger partial charge >= 0.3 is 0 Å². The summed E-state index contributed by atoms with van der Waals surface area (Å²) < 4.78 is 13.5. The standard InChI is InChI=1S/C14H18ClFN2O/c1-10-3-2-6-18(8-10)9-14(19)17-13-7-11(15)4-5-12(13)16/h4-5,7,10H,2-3,6,8-9H2,1H3,(H,17,19). The highest BCUT2D eigenvalue weighted by atomic mass is 35.5. The number of piperidine rings is 1. The number of halogens is 2. The average molecular weight is 285 g/mol. The molecule has 1 saturated heterocycles. The number of carbonyl (C=O) groups excluding carboxylic acids is 1. The van der Waals surface area contributed by atoms with Gasteiger partial charge in [0.1, 0.15) is 5.82 Å². The van der Waals surface area contributed by atoms with E-state index >= 15 is 0 Å². The fraction of sp³-hybridized carbons (Fsp3) is 0.500. The highest BCUT2D eigenvalue weighted by Gasteiger charge is 2.19. The summed E-state index contributed by atoms with van der Waals surface area (Å²) in [5.74, 6) is -0.0514. The minimum absolute atomic E-state index is 0.141. The Labute approximate surface area is 117 Å². The molecule has 19 heavy (non-hydrogen) atoms. The molecule has 104 valence electrons. The van der Waals surface area contributed by atoms with Crippen LogP contribution in [0.2, 0.25) is 5.02 Å². The Morgan fingerprint density at radius 1 is 1.58 bits per heavy atom. The van der Waals surface area contributed by atoms with Crippen molar-refractivity contribution < 1.29 is 9.18 Å². The number of benzene rings is 1. The van der Waals surface area contributed by atoms with Crippen LogP contribution in [0, 0.1) is 11.7 Å². The number of nitrogens with one attached hydrogen (secondary N) is 1. The fourth-order valence-corrected chi connectivity index (χ4v) is 2.59. The van der Waals surface area contributed by atoms with Crippen molar-refractivity contribution in [3.8, 4) is 0 Å². The van der Waals surface area contributed by atoms with E-state index in [-0.39, 0.29) is 11.6 Å². The van der Waals surface area contributed by atoms with Crippen LogP contribution in [0.1, 0.15) is 19.8 Å². The van der Waals surface area contributed by atoms with Crippen LogP contribution in [0.5, 0.6) is 0 Å².